The number of alkyl carbamates (subject to hydrolysis) is 2. The second kappa shape index (κ2) is 19.4. The number of amides is 4. The lowest BCUT2D eigenvalue weighted by Gasteiger charge is -2.28. The summed E-state index contributed by atoms with van der Waals surface area (Å²) in [6.07, 6.45) is 0.200. The van der Waals surface area contributed by atoms with Crippen molar-refractivity contribution in [2.75, 3.05) is 25.0 Å². The van der Waals surface area contributed by atoms with Gasteiger partial charge in [0.05, 0.1) is 6.33 Å². The van der Waals surface area contributed by atoms with Crippen molar-refractivity contribution in [3.05, 3.63) is 88.5 Å². The fourth-order valence-electron chi connectivity index (χ4n) is 5.08. The molecule has 288 valence electrons. The molecule has 2 heterocycles. The standard InChI is InChI=1S/C36H44N8O10/c1-36(2,3)54-35(51)39-26(16-10-11-17-37-33(49)52-21-24-12-6-4-7-13-24)18-43(20-28(46)47)27(45)19-44-23-38-29-30(44)40-32(41-31(29)48)42-34(50)53-22-25-14-8-5-9-15-25/h4-9,12-15,23,26H,10-11,16-22H2,1-3H3,(H,37,49)(H,39,51)(H,46,47)(H2,40,41,42,48,50). The number of aliphatic carboxylic acids is 1. The van der Waals surface area contributed by atoms with E-state index in [2.05, 4.69) is 30.9 Å². The van der Waals surface area contributed by atoms with Gasteiger partial charge in [0.2, 0.25) is 11.9 Å². The van der Waals surface area contributed by atoms with Gasteiger partial charge in [-0.2, -0.15) is 4.98 Å². The molecule has 18 heteroatoms. The van der Waals surface area contributed by atoms with Gasteiger partial charge in [0.1, 0.15) is 31.9 Å². The zero-order valence-corrected chi connectivity index (χ0v) is 30.2. The Balaban J connectivity index is 1.39. The molecule has 4 rings (SSSR count). The maximum Gasteiger partial charge on any atom is 0.414 e. The van der Waals surface area contributed by atoms with Gasteiger partial charge in [-0.3, -0.25) is 24.7 Å². The second-order valence-corrected chi connectivity index (χ2v) is 13.1. The third-order valence-electron chi connectivity index (χ3n) is 7.52. The molecular formula is C36H44N8O10. The van der Waals surface area contributed by atoms with Crippen LogP contribution in [0.25, 0.3) is 11.2 Å². The van der Waals surface area contributed by atoms with Crippen molar-refractivity contribution < 1.29 is 43.3 Å². The van der Waals surface area contributed by atoms with Crippen LogP contribution in [-0.4, -0.2) is 91.0 Å². The smallest absolute Gasteiger partial charge is 0.414 e. The summed E-state index contributed by atoms with van der Waals surface area (Å²) in [6.45, 7) is 4.02. The van der Waals surface area contributed by atoms with Gasteiger partial charge in [0.15, 0.2) is 11.2 Å². The van der Waals surface area contributed by atoms with Crippen molar-refractivity contribution >= 4 is 47.3 Å². The Morgan fingerprint density at radius 2 is 1.54 bits per heavy atom. The van der Waals surface area contributed by atoms with E-state index in [9.17, 15) is 33.9 Å². The van der Waals surface area contributed by atoms with Crippen LogP contribution in [0.2, 0.25) is 0 Å². The first-order valence-electron chi connectivity index (χ1n) is 17.1. The predicted molar refractivity (Wildman–Crippen MR) is 194 cm³/mol. The van der Waals surface area contributed by atoms with Crippen LogP contribution >= 0.6 is 0 Å². The molecule has 4 aromatic rings. The van der Waals surface area contributed by atoms with Crippen molar-refractivity contribution in [1.82, 2.24) is 35.1 Å². The third-order valence-corrected chi connectivity index (χ3v) is 7.52. The summed E-state index contributed by atoms with van der Waals surface area (Å²) < 4.78 is 17.0. The monoisotopic (exact) mass is 748 g/mol. The maximum absolute atomic E-state index is 13.6. The quantitative estimate of drug-likeness (QED) is 0.0767. The number of hydrogen-bond acceptors (Lipinski definition) is 11. The lowest BCUT2D eigenvalue weighted by Crippen LogP contribution is -2.49. The first-order chi connectivity index (χ1) is 25.8. The van der Waals surface area contributed by atoms with Crippen LogP contribution in [0, 0.1) is 0 Å². The maximum atomic E-state index is 13.6. The van der Waals surface area contributed by atoms with Crippen molar-refractivity contribution in [2.45, 2.75) is 71.4 Å². The minimum atomic E-state index is -1.30. The number of carboxylic acid groups (broad SMARTS) is 1. The number of carboxylic acids is 1. The van der Waals surface area contributed by atoms with Crippen LogP contribution in [0.5, 0.6) is 0 Å². The highest BCUT2D eigenvalue weighted by Gasteiger charge is 2.26. The average molecular weight is 749 g/mol. The van der Waals surface area contributed by atoms with Gasteiger partial charge in [-0.15, -0.1) is 0 Å². The number of aromatic nitrogens is 4. The minimum Gasteiger partial charge on any atom is -0.480 e. The summed E-state index contributed by atoms with van der Waals surface area (Å²) in [4.78, 5) is 87.2. The molecule has 18 nitrogen and oxygen atoms in total. The summed E-state index contributed by atoms with van der Waals surface area (Å²) in [6, 6.07) is 17.4. The molecule has 0 bridgehead atoms. The summed E-state index contributed by atoms with van der Waals surface area (Å²) in [7, 11) is 0. The summed E-state index contributed by atoms with van der Waals surface area (Å²) in [5.74, 6) is -2.25. The molecule has 0 aliphatic carbocycles. The minimum absolute atomic E-state index is 0.0323. The number of unbranched alkanes of at least 4 members (excludes halogenated alkanes) is 1. The summed E-state index contributed by atoms with van der Waals surface area (Å²) in [5.41, 5.74) is -0.128. The summed E-state index contributed by atoms with van der Waals surface area (Å²) in [5, 5.41) is 17.4. The highest BCUT2D eigenvalue weighted by molar-refractivity contribution is 5.85. The highest BCUT2D eigenvalue weighted by Crippen LogP contribution is 2.13. The van der Waals surface area contributed by atoms with E-state index in [1.54, 1.807) is 45.0 Å². The Morgan fingerprint density at radius 3 is 2.15 bits per heavy atom. The van der Waals surface area contributed by atoms with E-state index < -0.39 is 60.4 Å². The molecule has 0 saturated heterocycles. The fourth-order valence-corrected chi connectivity index (χ4v) is 5.08. The molecule has 2 aromatic heterocycles. The molecule has 0 aliphatic rings. The predicted octanol–water partition coefficient (Wildman–Crippen LogP) is 3.77. The first kappa shape index (κ1) is 40.3. The van der Waals surface area contributed by atoms with Crippen LogP contribution in [0.15, 0.2) is 71.8 Å². The Morgan fingerprint density at radius 1 is 0.907 bits per heavy atom. The second-order valence-electron chi connectivity index (χ2n) is 13.1. The number of nitrogens with zero attached hydrogens (tertiary/aromatic N) is 4. The first-order valence-corrected chi connectivity index (χ1v) is 17.1. The molecule has 0 saturated carbocycles. The molecular weight excluding hydrogens is 704 g/mol. The van der Waals surface area contributed by atoms with Gasteiger partial charge in [0.25, 0.3) is 5.56 Å². The SMILES string of the molecule is CC(C)(C)OC(=O)NC(CCCCNC(=O)OCc1ccccc1)CN(CC(=O)O)C(=O)Cn1cnc2c(=O)[nH]c(NC(=O)OCc3ccccc3)nc21. The molecule has 1 unspecified atom stereocenters. The molecule has 4 amide bonds. The van der Waals surface area contributed by atoms with Crippen LogP contribution in [0.3, 0.4) is 0 Å². The highest BCUT2D eigenvalue weighted by atomic mass is 16.6. The average Bonchev–Trinajstić information content (AvgIpc) is 3.51. The number of rotatable bonds is 17. The molecule has 5 N–H and O–H groups in total. The fraction of sp³-hybridized carbons (Fsp3) is 0.389. The van der Waals surface area contributed by atoms with Gasteiger partial charge < -0.3 is 39.4 Å². The van der Waals surface area contributed by atoms with Crippen molar-refractivity contribution in [1.29, 1.82) is 0 Å². The van der Waals surface area contributed by atoms with Crippen LogP contribution < -0.4 is 21.5 Å². The zero-order valence-electron chi connectivity index (χ0n) is 30.2. The van der Waals surface area contributed by atoms with Gasteiger partial charge in [-0.1, -0.05) is 60.7 Å². The molecule has 0 fully saturated rings. The van der Waals surface area contributed by atoms with Crippen molar-refractivity contribution in [3.8, 4) is 0 Å². The van der Waals surface area contributed by atoms with E-state index >= 15 is 0 Å². The normalized spacial score (nSPS) is 11.6. The number of ether oxygens (including phenoxy) is 3. The number of aromatic amines is 1. The van der Waals surface area contributed by atoms with Gasteiger partial charge in [-0.25, -0.2) is 19.4 Å². The van der Waals surface area contributed by atoms with Gasteiger partial charge in [-0.05, 0) is 51.2 Å². The van der Waals surface area contributed by atoms with E-state index in [-0.39, 0.29) is 43.4 Å². The van der Waals surface area contributed by atoms with E-state index in [4.69, 9.17) is 14.2 Å². The number of nitrogens with one attached hydrogen (secondary N) is 4. The topological polar surface area (TPSA) is 236 Å². The van der Waals surface area contributed by atoms with Crippen LogP contribution in [-0.2, 0) is 43.6 Å². The molecule has 1 atom stereocenters. The Bertz CT molecular complexity index is 1940. The van der Waals surface area contributed by atoms with Crippen LogP contribution in [0.4, 0.5) is 20.3 Å². The van der Waals surface area contributed by atoms with E-state index in [0.29, 0.717) is 19.3 Å². The van der Waals surface area contributed by atoms with Crippen LogP contribution in [0.1, 0.15) is 51.2 Å². The number of anilines is 1. The molecule has 0 aliphatic heterocycles. The van der Waals surface area contributed by atoms with E-state index in [1.165, 1.54) is 10.9 Å². The Kier molecular flexibility index (Phi) is 14.5. The number of H-pyrrole nitrogens is 1. The van der Waals surface area contributed by atoms with E-state index in [0.717, 1.165) is 16.0 Å². The lowest BCUT2D eigenvalue weighted by molar-refractivity contribution is -0.145. The number of carbonyl (C=O) groups excluding carboxylic acids is 4. The Labute approximate surface area is 310 Å². The number of hydrogen-bond donors (Lipinski definition) is 5. The zero-order chi connectivity index (χ0) is 39.1. The number of carbonyl (C=O) groups is 5. The van der Waals surface area contributed by atoms with Gasteiger partial charge >= 0.3 is 24.2 Å². The number of benzene rings is 2. The number of imidazole rings is 1. The Hall–Kier alpha value is -6.46. The van der Waals surface area contributed by atoms with E-state index in [1.807, 2.05) is 36.4 Å². The molecule has 0 radical (unpaired) electrons. The van der Waals surface area contributed by atoms with Gasteiger partial charge in [0, 0.05) is 19.1 Å². The largest absolute Gasteiger partial charge is 0.480 e. The van der Waals surface area contributed by atoms with Crippen molar-refractivity contribution in [2.24, 2.45) is 0 Å². The summed E-state index contributed by atoms with van der Waals surface area (Å²) >= 11 is 0. The third kappa shape index (κ3) is 13.6. The number of fused-ring (bicyclic) bond motifs is 1. The molecule has 2 aromatic carbocycles. The lowest BCUT2D eigenvalue weighted by atomic mass is 10.1. The van der Waals surface area contributed by atoms with Crippen molar-refractivity contribution in [3.63, 3.8) is 0 Å². The molecule has 0 spiro atoms. The molecule has 54 heavy (non-hydrogen) atoms.